The Morgan fingerprint density at radius 1 is 1.69 bits per heavy atom. The Hall–Kier alpha value is -1.10. The second-order valence-corrected chi connectivity index (χ2v) is 3.63. The van der Waals surface area contributed by atoms with Crippen molar-refractivity contribution < 1.29 is 4.79 Å². The van der Waals surface area contributed by atoms with Crippen LogP contribution in [0.1, 0.15) is 12.6 Å². The first kappa shape index (κ1) is 9.98. The Bertz CT molecular complexity index is 297. The summed E-state index contributed by atoms with van der Waals surface area (Å²) >= 11 is 1.50. The number of aryl methyl sites for hydroxylation is 1. The van der Waals surface area contributed by atoms with Gasteiger partial charge in [0.15, 0.2) is 5.13 Å². The average Bonchev–Trinajstić information content (AvgIpc) is 2.49. The molecule has 0 fully saturated rings. The third-order valence-corrected chi connectivity index (χ3v) is 2.49. The number of hydrogen-bond donors (Lipinski definition) is 2. The zero-order valence-corrected chi connectivity index (χ0v) is 8.73. The molecule has 13 heavy (non-hydrogen) atoms. The highest BCUT2D eigenvalue weighted by molar-refractivity contribution is 7.13. The monoisotopic (exact) mass is 199 g/mol. The summed E-state index contributed by atoms with van der Waals surface area (Å²) in [5, 5.41) is 8.31. The molecule has 1 aromatic heterocycles. The number of nitrogens with zero attached hydrogens (tertiary/aromatic N) is 1. The maximum Gasteiger partial charge on any atom is 0.242 e. The maximum absolute atomic E-state index is 11.1. The first-order valence-corrected chi connectivity index (χ1v) is 4.91. The molecule has 1 aromatic rings. The minimum Gasteiger partial charge on any atom is -0.357 e. The highest BCUT2D eigenvalue weighted by Gasteiger charge is 2.11. The van der Waals surface area contributed by atoms with E-state index in [0.29, 0.717) is 0 Å². The van der Waals surface area contributed by atoms with Gasteiger partial charge < -0.3 is 10.6 Å². The van der Waals surface area contributed by atoms with E-state index in [1.165, 1.54) is 11.3 Å². The molecule has 1 amide bonds. The van der Waals surface area contributed by atoms with Crippen molar-refractivity contribution in [3.63, 3.8) is 0 Å². The molecule has 0 aliphatic carbocycles. The van der Waals surface area contributed by atoms with E-state index in [1.54, 1.807) is 14.0 Å². The van der Waals surface area contributed by atoms with Crippen molar-refractivity contribution in [1.29, 1.82) is 0 Å². The summed E-state index contributed by atoms with van der Waals surface area (Å²) in [5.41, 5.74) is 0.969. The number of thiazole rings is 1. The normalized spacial score (nSPS) is 12.2. The third kappa shape index (κ3) is 2.69. The molecule has 0 aliphatic heterocycles. The third-order valence-electron chi connectivity index (χ3n) is 1.60. The van der Waals surface area contributed by atoms with Crippen LogP contribution in [0.4, 0.5) is 5.13 Å². The average molecular weight is 199 g/mol. The van der Waals surface area contributed by atoms with Gasteiger partial charge in [0, 0.05) is 12.4 Å². The van der Waals surface area contributed by atoms with Crippen molar-refractivity contribution in [2.45, 2.75) is 19.9 Å². The molecule has 0 radical (unpaired) electrons. The van der Waals surface area contributed by atoms with Gasteiger partial charge in [0.2, 0.25) is 5.91 Å². The van der Waals surface area contributed by atoms with E-state index < -0.39 is 0 Å². The molecule has 0 bridgehead atoms. The number of hydrogen-bond acceptors (Lipinski definition) is 4. The van der Waals surface area contributed by atoms with Crippen LogP contribution in [0.5, 0.6) is 0 Å². The minimum absolute atomic E-state index is 0.0344. The standard InChI is InChI=1S/C8H13N3OS/c1-5-4-13-8(10-5)11-6(2)7(12)9-3/h4,6H,1-3H3,(H,9,12)(H,10,11). The number of carbonyl (C=O) groups is 1. The second-order valence-electron chi connectivity index (χ2n) is 2.77. The highest BCUT2D eigenvalue weighted by Crippen LogP contribution is 2.15. The zero-order valence-electron chi connectivity index (χ0n) is 7.92. The number of amides is 1. The Morgan fingerprint density at radius 2 is 2.38 bits per heavy atom. The van der Waals surface area contributed by atoms with Crippen LogP contribution in [0, 0.1) is 6.92 Å². The van der Waals surface area contributed by atoms with Crippen molar-refractivity contribution in [2.24, 2.45) is 0 Å². The number of nitrogens with one attached hydrogen (secondary N) is 2. The van der Waals surface area contributed by atoms with Crippen molar-refractivity contribution in [2.75, 3.05) is 12.4 Å². The lowest BCUT2D eigenvalue weighted by molar-refractivity contribution is -0.121. The number of anilines is 1. The second kappa shape index (κ2) is 4.23. The molecule has 0 aliphatic rings. The molecule has 72 valence electrons. The van der Waals surface area contributed by atoms with Crippen LogP contribution in [0.15, 0.2) is 5.38 Å². The fourth-order valence-corrected chi connectivity index (χ4v) is 1.66. The summed E-state index contributed by atoms with van der Waals surface area (Å²) < 4.78 is 0. The van der Waals surface area contributed by atoms with Crippen LogP contribution < -0.4 is 10.6 Å². The molecular formula is C8H13N3OS. The summed E-state index contributed by atoms with van der Waals surface area (Å²) in [6.45, 7) is 3.72. The van der Waals surface area contributed by atoms with Crippen LogP contribution in [-0.4, -0.2) is 24.0 Å². The summed E-state index contributed by atoms with van der Waals surface area (Å²) in [7, 11) is 1.62. The largest absolute Gasteiger partial charge is 0.357 e. The van der Waals surface area contributed by atoms with Gasteiger partial charge in [0.1, 0.15) is 6.04 Å². The van der Waals surface area contributed by atoms with Crippen LogP contribution >= 0.6 is 11.3 Å². The zero-order chi connectivity index (χ0) is 9.84. The van der Waals surface area contributed by atoms with E-state index in [4.69, 9.17) is 0 Å². The van der Waals surface area contributed by atoms with Crippen molar-refractivity contribution in [3.05, 3.63) is 11.1 Å². The Morgan fingerprint density at radius 3 is 2.85 bits per heavy atom. The van der Waals surface area contributed by atoms with Gasteiger partial charge in [-0.3, -0.25) is 4.79 Å². The number of rotatable bonds is 3. The number of carbonyl (C=O) groups excluding carboxylic acids is 1. The fourth-order valence-electron chi connectivity index (χ4n) is 0.888. The van der Waals surface area contributed by atoms with Crippen molar-refractivity contribution in [1.82, 2.24) is 10.3 Å². The van der Waals surface area contributed by atoms with Gasteiger partial charge in [-0.15, -0.1) is 11.3 Å². The van der Waals surface area contributed by atoms with Crippen molar-refractivity contribution in [3.8, 4) is 0 Å². The quantitative estimate of drug-likeness (QED) is 0.763. The molecule has 1 heterocycles. The van der Waals surface area contributed by atoms with E-state index in [2.05, 4.69) is 15.6 Å². The van der Waals surface area contributed by atoms with Gasteiger partial charge in [-0.2, -0.15) is 0 Å². The molecule has 0 aromatic carbocycles. The van der Waals surface area contributed by atoms with Gasteiger partial charge in [-0.05, 0) is 13.8 Å². The van der Waals surface area contributed by atoms with Gasteiger partial charge in [0.05, 0.1) is 5.69 Å². The number of aromatic nitrogens is 1. The predicted molar refractivity (Wildman–Crippen MR) is 54.0 cm³/mol. The lowest BCUT2D eigenvalue weighted by Crippen LogP contribution is -2.35. The molecule has 1 atom stereocenters. The first-order valence-electron chi connectivity index (χ1n) is 4.03. The first-order chi connectivity index (χ1) is 6.13. The maximum atomic E-state index is 11.1. The molecule has 0 saturated carbocycles. The van der Waals surface area contributed by atoms with Crippen molar-refractivity contribution >= 4 is 22.4 Å². The SMILES string of the molecule is CNC(=O)C(C)Nc1nc(C)cs1. The van der Waals surface area contributed by atoms with Crippen LogP contribution in [0.25, 0.3) is 0 Å². The molecule has 4 nitrogen and oxygen atoms in total. The molecule has 2 N–H and O–H groups in total. The smallest absolute Gasteiger partial charge is 0.242 e. The van der Waals surface area contributed by atoms with Gasteiger partial charge in [-0.1, -0.05) is 0 Å². The lowest BCUT2D eigenvalue weighted by Gasteiger charge is -2.10. The minimum atomic E-state index is -0.240. The van der Waals surface area contributed by atoms with E-state index in [9.17, 15) is 4.79 Å². The molecule has 0 saturated heterocycles. The van der Waals surface area contributed by atoms with Crippen LogP contribution in [0.3, 0.4) is 0 Å². The summed E-state index contributed by atoms with van der Waals surface area (Å²) in [6.07, 6.45) is 0. The Balaban J connectivity index is 2.54. The Kier molecular flexibility index (Phi) is 3.25. The lowest BCUT2D eigenvalue weighted by atomic mass is 10.3. The van der Waals surface area contributed by atoms with E-state index in [1.807, 2.05) is 12.3 Å². The molecular weight excluding hydrogens is 186 g/mol. The summed E-state index contributed by atoms with van der Waals surface area (Å²) in [4.78, 5) is 15.3. The van der Waals surface area contributed by atoms with Gasteiger partial charge in [0.25, 0.3) is 0 Å². The molecule has 1 rings (SSSR count). The molecule has 5 heteroatoms. The fraction of sp³-hybridized carbons (Fsp3) is 0.500. The Labute approximate surface area is 81.4 Å². The van der Waals surface area contributed by atoms with E-state index in [-0.39, 0.29) is 11.9 Å². The van der Waals surface area contributed by atoms with E-state index >= 15 is 0 Å². The van der Waals surface area contributed by atoms with Gasteiger partial charge in [-0.25, -0.2) is 4.98 Å². The van der Waals surface area contributed by atoms with Crippen LogP contribution in [-0.2, 0) is 4.79 Å². The van der Waals surface area contributed by atoms with E-state index in [0.717, 1.165) is 10.8 Å². The summed E-state index contributed by atoms with van der Waals surface area (Å²) in [5.74, 6) is -0.0344. The number of likely N-dealkylation sites (N-methyl/N-ethyl adjacent to an activating group) is 1. The molecule has 0 spiro atoms. The molecule has 1 unspecified atom stereocenters. The highest BCUT2D eigenvalue weighted by atomic mass is 32.1. The topological polar surface area (TPSA) is 54.0 Å². The van der Waals surface area contributed by atoms with Gasteiger partial charge >= 0.3 is 0 Å². The predicted octanol–water partition coefficient (Wildman–Crippen LogP) is 0.998. The summed E-state index contributed by atoms with van der Waals surface area (Å²) in [6, 6.07) is -0.240. The van der Waals surface area contributed by atoms with Crippen LogP contribution in [0.2, 0.25) is 0 Å².